The van der Waals surface area contributed by atoms with Crippen LogP contribution < -0.4 is 10.3 Å². The van der Waals surface area contributed by atoms with Crippen LogP contribution >= 0.6 is 0 Å². The first-order valence-electron chi connectivity index (χ1n) is 14.2. The fourth-order valence-corrected chi connectivity index (χ4v) is 4.82. The quantitative estimate of drug-likeness (QED) is 0.248. The second-order valence-electron chi connectivity index (χ2n) is 11.6. The highest BCUT2D eigenvalue weighted by Crippen LogP contribution is 2.24. The second kappa shape index (κ2) is 12.9. The summed E-state index contributed by atoms with van der Waals surface area (Å²) >= 11 is 0. The van der Waals surface area contributed by atoms with Crippen molar-refractivity contribution in [2.24, 2.45) is 5.92 Å². The van der Waals surface area contributed by atoms with Crippen molar-refractivity contribution in [3.63, 3.8) is 0 Å². The zero-order valence-corrected chi connectivity index (χ0v) is 24.6. The summed E-state index contributed by atoms with van der Waals surface area (Å²) in [6, 6.07) is 14.3. The Morgan fingerprint density at radius 1 is 1.02 bits per heavy atom. The number of ether oxygens (including phenoxy) is 2. The van der Waals surface area contributed by atoms with Gasteiger partial charge in [-0.2, -0.15) is 0 Å². The molecule has 43 heavy (non-hydrogen) atoms. The molecule has 1 aliphatic heterocycles. The van der Waals surface area contributed by atoms with Crippen molar-refractivity contribution in [3.05, 3.63) is 101 Å². The van der Waals surface area contributed by atoms with Gasteiger partial charge in [0.2, 0.25) is 0 Å². The molecule has 0 atom stereocenters. The summed E-state index contributed by atoms with van der Waals surface area (Å²) in [5, 5.41) is 0. The third-order valence-electron chi connectivity index (χ3n) is 7.07. The number of benzene rings is 1. The molecule has 0 N–H and O–H groups in total. The number of aromatic nitrogens is 4. The molecule has 10 nitrogen and oxygen atoms in total. The molecule has 1 fully saturated rings. The lowest BCUT2D eigenvalue weighted by Gasteiger charge is -2.33. The van der Waals surface area contributed by atoms with E-state index in [0.29, 0.717) is 55.1 Å². The number of nitrogens with zero attached hydrogens (tertiary/aromatic N) is 6. The Balaban J connectivity index is 1.18. The number of likely N-dealkylation sites (tertiary alicyclic amines) is 1. The van der Waals surface area contributed by atoms with Crippen molar-refractivity contribution in [2.75, 3.05) is 19.7 Å². The maximum atomic E-state index is 12.6. The van der Waals surface area contributed by atoms with E-state index in [2.05, 4.69) is 19.8 Å². The van der Waals surface area contributed by atoms with Gasteiger partial charge >= 0.3 is 6.09 Å². The van der Waals surface area contributed by atoms with Gasteiger partial charge in [-0.15, -0.1) is 0 Å². The van der Waals surface area contributed by atoms with E-state index in [0.717, 1.165) is 29.5 Å². The molecule has 1 amide bonds. The fraction of sp³-hybridized carbons (Fsp3) is 0.333. The smallest absolute Gasteiger partial charge is 0.410 e. The monoisotopic (exact) mass is 578 g/mol. The lowest BCUT2D eigenvalue weighted by Crippen LogP contribution is -2.42. The lowest BCUT2D eigenvalue weighted by molar-refractivity contribution is 0.0165. The molecule has 220 valence electrons. The minimum atomic E-state index is -0.498. The third-order valence-corrected chi connectivity index (χ3v) is 7.07. The van der Waals surface area contributed by atoms with Crippen LogP contribution in [0, 0.1) is 12.5 Å². The zero-order valence-electron chi connectivity index (χ0n) is 24.6. The van der Waals surface area contributed by atoms with E-state index in [9.17, 15) is 9.59 Å². The van der Waals surface area contributed by atoms with Gasteiger partial charge in [-0.1, -0.05) is 18.2 Å². The minimum absolute atomic E-state index is 0.135. The standard InChI is InChI=1S/C33H34N6O4/c1-33(2,3)43-32(41)38-14-11-23(12-15-38)22-42-28-18-36-31(37-19-28)25-7-5-6-24(16-25)20-39-21-26(8-9-30(39)40)29-17-27(34-4)10-13-35-29/h5-10,13,16-19,21,23H,11-12,14-15,20,22H2,1-3H3. The van der Waals surface area contributed by atoms with Gasteiger partial charge in [0, 0.05) is 42.7 Å². The summed E-state index contributed by atoms with van der Waals surface area (Å²) < 4.78 is 13.1. The van der Waals surface area contributed by atoms with E-state index in [1.807, 2.05) is 45.0 Å². The molecule has 0 spiro atoms. The number of hydrogen-bond acceptors (Lipinski definition) is 7. The van der Waals surface area contributed by atoms with Gasteiger partial charge < -0.3 is 18.9 Å². The number of piperidine rings is 1. The van der Waals surface area contributed by atoms with Gasteiger partial charge in [-0.25, -0.2) is 19.6 Å². The number of carbonyl (C=O) groups is 1. The molecule has 0 radical (unpaired) electrons. The van der Waals surface area contributed by atoms with Crippen molar-refractivity contribution in [2.45, 2.75) is 45.8 Å². The van der Waals surface area contributed by atoms with E-state index in [1.54, 1.807) is 52.5 Å². The predicted molar refractivity (Wildman–Crippen MR) is 163 cm³/mol. The fourth-order valence-electron chi connectivity index (χ4n) is 4.82. The molecule has 10 heteroatoms. The SMILES string of the molecule is [C-]#[N+]c1ccnc(-c2ccc(=O)n(Cc3cccc(-c4ncc(OCC5CCN(C(=O)OC(C)(C)C)CC5)cn4)c3)c2)c1. The maximum absolute atomic E-state index is 12.6. The van der Waals surface area contributed by atoms with Gasteiger partial charge in [-0.05, 0) is 69.4 Å². The van der Waals surface area contributed by atoms with Gasteiger partial charge in [-0.3, -0.25) is 9.78 Å². The van der Waals surface area contributed by atoms with Crippen LogP contribution in [0.5, 0.6) is 5.75 Å². The van der Waals surface area contributed by atoms with Crippen molar-refractivity contribution >= 4 is 11.8 Å². The molecular weight excluding hydrogens is 544 g/mol. The summed E-state index contributed by atoms with van der Waals surface area (Å²) in [6.07, 6.45) is 8.12. The van der Waals surface area contributed by atoms with E-state index < -0.39 is 5.60 Å². The first kappa shape index (κ1) is 29.5. The van der Waals surface area contributed by atoms with Crippen LogP contribution in [0.15, 0.2) is 78.1 Å². The number of hydrogen-bond donors (Lipinski definition) is 0. The molecule has 1 saturated heterocycles. The molecule has 1 aromatic carbocycles. The summed E-state index contributed by atoms with van der Waals surface area (Å²) in [6.45, 7) is 15.0. The van der Waals surface area contributed by atoms with E-state index >= 15 is 0 Å². The first-order valence-corrected chi connectivity index (χ1v) is 14.2. The van der Waals surface area contributed by atoms with Gasteiger partial charge in [0.1, 0.15) is 5.60 Å². The highest BCUT2D eigenvalue weighted by atomic mass is 16.6. The number of amides is 1. The number of rotatable bonds is 7. The molecule has 0 unspecified atom stereocenters. The van der Waals surface area contributed by atoms with Gasteiger partial charge in [0.25, 0.3) is 5.56 Å². The second-order valence-corrected chi connectivity index (χ2v) is 11.6. The van der Waals surface area contributed by atoms with Crippen molar-refractivity contribution < 1.29 is 14.3 Å². The summed E-state index contributed by atoms with van der Waals surface area (Å²) in [5.41, 5.74) is 3.00. The van der Waals surface area contributed by atoms with E-state index in [4.69, 9.17) is 16.0 Å². The Kier molecular flexibility index (Phi) is 8.81. The number of pyridine rings is 2. The minimum Gasteiger partial charge on any atom is -0.490 e. The van der Waals surface area contributed by atoms with Crippen LogP contribution in [-0.4, -0.2) is 55.8 Å². The van der Waals surface area contributed by atoms with Crippen LogP contribution in [0.4, 0.5) is 10.5 Å². The Bertz CT molecular complexity index is 1680. The lowest BCUT2D eigenvalue weighted by atomic mass is 9.98. The zero-order chi connectivity index (χ0) is 30.4. The summed E-state index contributed by atoms with van der Waals surface area (Å²) in [7, 11) is 0. The molecule has 0 aliphatic carbocycles. The van der Waals surface area contributed by atoms with Crippen molar-refractivity contribution in [1.82, 2.24) is 24.4 Å². The summed E-state index contributed by atoms with van der Waals surface area (Å²) in [5.74, 6) is 1.49. The Labute approximate surface area is 250 Å². The Morgan fingerprint density at radius 2 is 1.79 bits per heavy atom. The van der Waals surface area contributed by atoms with Crippen molar-refractivity contribution in [1.29, 1.82) is 0 Å². The Morgan fingerprint density at radius 3 is 2.51 bits per heavy atom. The molecular formula is C33H34N6O4. The molecule has 4 heterocycles. The van der Waals surface area contributed by atoms with E-state index in [-0.39, 0.29) is 11.7 Å². The maximum Gasteiger partial charge on any atom is 0.410 e. The first-order chi connectivity index (χ1) is 20.7. The Hall–Kier alpha value is -5.04. The van der Waals surface area contributed by atoms with Crippen LogP contribution in [0.1, 0.15) is 39.2 Å². The van der Waals surface area contributed by atoms with Crippen molar-refractivity contribution in [3.8, 4) is 28.4 Å². The highest BCUT2D eigenvalue weighted by molar-refractivity contribution is 5.68. The molecule has 0 saturated carbocycles. The van der Waals surface area contributed by atoms with Gasteiger partial charge in [0.15, 0.2) is 17.3 Å². The average molecular weight is 579 g/mol. The molecule has 5 rings (SSSR count). The average Bonchev–Trinajstić information content (AvgIpc) is 3.01. The van der Waals surface area contributed by atoms with Crippen LogP contribution in [0.3, 0.4) is 0 Å². The molecule has 4 aromatic rings. The van der Waals surface area contributed by atoms with Crippen LogP contribution in [0.25, 0.3) is 27.5 Å². The molecule has 1 aliphatic rings. The molecule has 0 bridgehead atoms. The van der Waals surface area contributed by atoms with E-state index in [1.165, 1.54) is 6.07 Å². The highest BCUT2D eigenvalue weighted by Gasteiger charge is 2.27. The number of carbonyl (C=O) groups excluding carboxylic acids is 1. The topological polar surface area (TPSA) is 104 Å². The molecule has 3 aromatic heterocycles. The van der Waals surface area contributed by atoms with Crippen LogP contribution in [0.2, 0.25) is 0 Å². The predicted octanol–water partition coefficient (Wildman–Crippen LogP) is 5.99. The normalized spacial score (nSPS) is 13.8. The van der Waals surface area contributed by atoms with Gasteiger partial charge in [0.05, 0.1) is 37.8 Å². The van der Waals surface area contributed by atoms with Crippen LogP contribution in [-0.2, 0) is 11.3 Å². The third kappa shape index (κ3) is 7.83. The largest absolute Gasteiger partial charge is 0.490 e. The summed E-state index contributed by atoms with van der Waals surface area (Å²) in [4.78, 5) is 43.5.